The van der Waals surface area contributed by atoms with Crippen LogP contribution in [0, 0.1) is 5.92 Å². The van der Waals surface area contributed by atoms with Crippen LogP contribution in [0.5, 0.6) is 0 Å². The molecule has 17 heteroatoms. The van der Waals surface area contributed by atoms with E-state index >= 15 is 0 Å². The molecular weight excluding hydrogens is 534 g/mol. The molecule has 0 spiro atoms. The van der Waals surface area contributed by atoms with E-state index in [1.54, 1.807) is 0 Å². The van der Waals surface area contributed by atoms with Crippen molar-refractivity contribution < 1.29 is 49.2 Å². The van der Waals surface area contributed by atoms with Crippen molar-refractivity contribution in [2.45, 2.75) is 85.0 Å². The Kier molecular flexibility index (Phi) is 31.6. The number of hydrogen-bond donors (Lipinski definition) is 11. The van der Waals surface area contributed by atoms with E-state index in [-0.39, 0.29) is 13.1 Å². The fourth-order valence-electron chi connectivity index (χ4n) is 1.26. The number of carboxylic acid groups (broad SMARTS) is 4. The maximum Gasteiger partial charge on any atom is 0.325 e. The molecule has 0 fully saturated rings. The van der Waals surface area contributed by atoms with E-state index in [9.17, 15) is 28.8 Å². The van der Waals surface area contributed by atoms with Crippen LogP contribution in [0.3, 0.4) is 0 Å². The molecule has 0 rings (SSSR count). The van der Waals surface area contributed by atoms with Gasteiger partial charge in [0.1, 0.15) is 24.2 Å². The third-order valence-corrected chi connectivity index (χ3v) is 3.54. The van der Waals surface area contributed by atoms with Crippen LogP contribution < -0.4 is 39.3 Å². The van der Waals surface area contributed by atoms with Gasteiger partial charge >= 0.3 is 23.9 Å². The van der Waals surface area contributed by atoms with Gasteiger partial charge in [-0.2, -0.15) is 0 Å². The highest BCUT2D eigenvalue weighted by Crippen LogP contribution is 2.07. The van der Waals surface area contributed by atoms with Gasteiger partial charge in [-0.05, 0) is 53.0 Å². The van der Waals surface area contributed by atoms with Crippen molar-refractivity contribution in [3.05, 3.63) is 0 Å². The summed E-state index contributed by atoms with van der Waals surface area (Å²) in [4.78, 5) is 60.9. The summed E-state index contributed by atoms with van der Waals surface area (Å²) < 4.78 is 0. The van der Waals surface area contributed by atoms with Crippen molar-refractivity contribution in [3.63, 3.8) is 0 Å². The van der Waals surface area contributed by atoms with Gasteiger partial charge in [0.05, 0.1) is 12.6 Å². The van der Waals surface area contributed by atoms with Crippen LogP contribution in [0.2, 0.25) is 0 Å². The first kappa shape index (κ1) is 46.5. The minimum absolute atomic E-state index is 0.183. The average molecular weight is 586 g/mol. The number of nitrogens with one attached hydrogen (secondary N) is 2. The summed E-state index contributed by atoms with van der Waals surface area (Å²) in [6, 6.07) is -2.25. The Morgan fingerprint density at radius 2 is 1.20 bits per heavy atom. The van der Waals surface area contributed by atoms with Gasteiger partial charge in [0, 0.05) is 0 Å². The monoisotopic (exact) mass is 585 g/mol. The van der Waals surface area contributed by atoms with Crippen molar-refractivity contribution in [1.82, 2.24) is 10.6 Å². The first-order valence-electron chi connectivity index (χ1n) is 12.2. The van der Waals surface area contributed by atoms with Gasteiger partial charge in [-0.25, -0.2) is 0 Å². The first-order valence-corrected chi connectivity index (χ1v) is 12.2. The van der Waals surface area contributed by atoms with Crippen LogP contribution in [-0.2, 0) is 28.8 Å². The van der Waals surface area contributed by atoms with Crippen LogP contribution in [-0.4, -0.2) is 99.4 Å². The van der Waals surface area contributed by atoms with E-state index in [0.29, 0.717) is 19.4 Å². The number of aliphatic carboxylic acids is 4. The number of carboxylic acids is 4. The largest absolute Gasteiger partial charge is 0.480 e. The molecule has 0 aromatic heterocycles. The zero-order chi connectivity index (χ0) is 33.2. The Balaban J connectivity index is -0.000000132. The van der Waals surface area contributed by atoms with Crippen LogP contribution in [0.15, 0.2) is 0 Å². The Labute approximate surface area is 235 Å². The number of carbonyl (C=O) groups excluding carboxylic acids is 2. The molecule has 0 bridgehead atoms. The molecular formula is C23H51N7O10. The smallest absolute Gasteiger partial charge is 0.325 e. The average Bonchev–Trinajstić information content (AvgIpc) is 2.81. The predicted molar refractivity (Wildman–Crippen MR) is 149 cm³/mol. The summed E-state index contributed by atoms with van der Waals surface area (Å²) in [5.41, 5.74) is 24.3. The lowest BCUT2D eigenvalue weighted by atomic mass is 9.98. The van der Waals surface area contributed by atoms with Gasteiger partial charge in [-0.15, -0.1) is 0 Å². The standard InChI is InChI=1S/C6H14N2O2.2C5H10N2O3.C4H10.C3H7NO2/c1-6(8,5(9)10)3-2-4-7;1-3(6)5(10)7-2-4(8)9;1-3(5(9)10)7-4(8)2-6;1-4(2)3;1-2(4)3(5)6/h2-4,7-8H2,1H3,(H,9,10);3H,2,6H2,1H3,(H,7,10)(H,8,9);3H,2,6H2,1H3,(H,7,8)(H,9,10);4H,1-3H3;2H,4H2,1H3,(H,5,6). The molecule has 0 saturated heterocycles. The first-order chi connectivity index (χ1) is 18.0. The molecule has 0 aliphatic heterocycles. The summed E-state index contributed by atoms with van der Waals surface area (Å²) in [5.74, 6) is -4.16. The van der Waals surface area contributed by atoms with Gasteiger partial charge in [0.2, 0.25) is 11.8 Å². The van der Waals surface area contributed by atoms with Crippen LogP contribution in [0.25, 0.3) is 0 Å². The molecule has 0 saturated carbocycles. The maximum absolute atomic E-state index is 10.5. The topological polar surface area (TPSA) is 337 Å². The molecule has 0 aliphatic carbocycles. The molecule has 2 amide bonds. The van der Waals surface area contributed by atoms with Gasteiger partial charge in [0.25, 0.3) is 0 Å². The van der Waals surface area contributed by atoms with Gasteiger partial charge in [-0.1, -0.05) is 20.8 Å². The number of amides is 2. The quantitative estimate of drug-likeness (QED) is 0.121. The summed E-state index contributed by atoms with van der Waals surface area (Å²) in [7, 11) is 0. The molecule has 4 unspecified atom stereocenters. The van der Waals surface area contributed by atoms with E-state index in [2.05, 4.69) is 31.4 Å². The van der Waals surface area contributed by atoms with Crippen molar-refractivity contribution in [2.75, 3.05) is 19.6 Å². The van der Waals surface area contributed by atoms with E-state index in [1.807, 2.05) is 0 Å². The highest BCUT2D eigenvalue weighted by Gasteiger charge is 2.26. The molecule has 0 aromatic carbocycles. The lowest BCUT2D eigenvalue weighted by Gasteiger charge is -2.17. The number of rotatable bonds is 11. The van der Waals surface area contributed by atoms with Gasteiger partial charge in [0.15, 0.2) is 0 Å². The SMILES string of the molecule is CC(C)C.CC(N)(CCCN)C(=O)O.CC(N)C(=O)NCC(=O)O.CC(N)C(=O)O.CC(NC(=O)CN)C(=O)O. The summed E-state index contributed by atoms with van der Waals surface area (Å²) in [6.07, 6.45) is 1.08. The molecule has 17 nitrogen and oxygen atoms in total. The third kappa shape index (κ3) is 41.7. The zero-order valence-corrected chi connectivity index (χ0v) is 24.5. The number of carbonyl (C=O) groups is 6. The zero-order valence-electron chi connectivity index (χ0n) is 24.5. The Morgan fingerprint density at radius 3 is 1.43 bits per heavy atom. The molecule has 4 atom stereocenters. The Hall–Kier alpha value is -3.38. The van der Waals surface area contributed by atoms with E-state index < -0.39 is 59.4 Å². The molecule has 0 radical (unpaired) electrons. The molecule has 0 aromatic rings. The highest BCUT2D eigenvalue weighted by molar-refractivity contribution is 5.85. The van der Waals surface area contributed by atoms with Crippen molar-refractivity contribution >= 4 is 35.7 Å². The van der Waals surface area contributed by atoms with Gasteiger partial charge < -0.3 is 59.7 Å². The molecule has 0 aliphatic rings. The summed E-state index contributed by atoms with van der Waals surface area (Å²) >= 11 is 0. The molecule has 40 heavy (non-hydrogen) atoms. The van der Waals surface area contributed by atoms with Crippen LogP contribution in [0.1, 0.15) is 61.3 Å². The Morgan fingerprint density at radius 1 is 0.800 bits per heavy atom. The number of hydrogen-bond acceptors (Lipinski definition) is 11. The highest BCUT2D eigenvalue weighted by atomic mass is 16.4. The summed E-state index contributed by atoms with van der Waals surface area (Å²) in [5, 5.41) is 37.0. The predicted octanol–water partition coefficient (Wildman–Crippen LogP) is -2.32. The lowest BCUT2D eigenvalue weighted by molar-refractivity contribution is -0.143. The second-order valence-electron chi connectivity index (χ2n) is 9.21. The Bertz CT molecular complexity index is 743. The van der Waals surface area contributed by atoms with Crippen LogP contribution >= 0.6 is 0 Å². The van der Waals surface area contributed by atoms with Crippen molar-refractivity contribution in [1.29, 1.82) is 0 Å². The molecule has 0 heterocycles. The second-order valence-corrected chi connectivity index (χ2v) is 9.21. The van der Waals surface area contributed by atoms with E-state index in [1.165, 1.54) is 27.7 Å². The third-order valence-electron chi connectivity index (χ3n) is 3.54. The fourth-order valence-corrected chi connectivity index (χ4v) is 1.26. The second kappa shape index (κ2) is 27.2. The summed E-state index contributed by atoms with van der Waals surface area (Å²) in [6.45, 7) is 12.2. The number of nitrogens with two attached hydrogens (primary N) is 5. The maximum atomic E-state index is 10.5. The fraction of sp³-hybridized carbons (Fsp3) is 0.739. The normalized spacial score (nSPS) is 13.1. The van der Waals surface area contributed by atoms with E-state index in [4.69, 9.17) is 49.1 Å². The minimum Gasteiger partial charge on any atom is -0.480 e. The van der Waals surface area contributed by atoms with Crippen molar-refractivity contribution in [3.8, 4) is 0 Å². The van der Waals surface area contributed by atoms with Gasteiger partial charge in [-0.3, -0.25) is 28.8 Å². The lowest BCUT2D eigenvalue weighted by Crippen LogP contribution is -2.45. The minimum atomic E-state index is -1.11. The van der Waals surface area contributed by atoms with Crippen molar-refractivity contribution in [2.24, 2.45) is 34.6 Å². The molecule has 16 N–H and O–H groups in total. The van der Waals surface area contributed by atoms with E-state index in [0.717, 1.165) is 5.92 Å². The van der Waals surface area contributed by atoms with Crippen LogP contribution in [0.4, 0.5) is 0 Å². The molecule has 238 valence electrons.